The highest BCUT2D eigenvalue weighted by atomic mass is 16.3. The number of rotatable bonds is 20. The van der Waals surface area contributed by atoms with Crippen molar-refractivity contribution >= 4 is 5.91 Å². The third-order valence-corrected chi connectivity index (χ3v) is 5.08. The number of hydrogen-bond acceptors (Lipinski definition) is 3. The van der Waals surface area contributed by atoms with Crippen LogP contribution >= 0.6 is 0 Å². The zero-order valence-electron chi connectivity index (χ0n) is 19.5. The Labute approximate surface area is 185 Å². The molecule has 2 atom stereocenters. The highest BCUT2D eigenvalue weighted by Gasteiger charge is 2.17. The van der Waals surface area contributed by atoms with Gasteiger partial charge in [0.1, 0.15) is 0 Å². The van der Waals surface area contributed by atoms with Gasteiger partial charge >= 0.3 is 0 Å². The van der Waals surface area contributed by atoms with Gasteiger partial charge in [0.05, 0.1) is 18.8 Å². The first kappa shape index (κ1) is 28.6. The van der Waals surface area contributed by atoms with Gasteiger partial charge < -0.3 is 15.5 Å². The smallest absolute Gasteiger partial charge is 0.220 e. The zero-order chi connectivity index (χ0) is 22.3. The van der Waals surface area contributed by atoms with Gasteiger partial charge in [0.2, 0.25) is 5.91 Å². The Balaban J connectivity index is 3.84. The van der Waals surface area contributed by atoms with E-state index in [0.717, 1.165) is 44.9 Å². The number of carbonyl (C=O) groups excluding carboxylic acids is 1. The molecule has 0 heterocycles. The molecular weight excluding hydrogens is 374 g/mol. The summed E-state index contributed by atoms with van der Waals surface area (Å²) in [5, 5.41) is 22.4. The molecule has 4 heteroatoms. The molecular formula is C26H47NO3. The van der Waals surface area contributed by atoms with Crippen LogP contribution in [0.2, 0.25) is 0 Å². The van der Waals surface area contributed by atoms with Gasteiger partial charge in [0.15, 0.2) is 0 Å². The minimum Gasteiger partial charge on any atom is -0.394 e. The summed E-state index contributed by atoms with van der Waals surface area (Å²) in [7, 11) is 0. The van der Waals surface area contributed by atoms with E-state index in [9.17, 15) is 15.0 Å². The van der Waals surface area contributed by atoms with Crippen molar-refractivity contribution in [3.05, 3.63) is 36.5 Å². The highest BCUT2D eigenvalue weighted by molar-refractivity contribution is 5.76. The summed E-state index contributed by atoms with van der Waals surface area (Å²) in [4.78, 5) is 12.1. The van der Waals surface area contributed by atoms with Crippen LogP contribution in [-0.4, -0.2) is 34.9 Å². The van der Waals surface area contributed by atoms with Gasteiger partial charge in [-0.1, -0.05) is 88.8 Å². The number of nitrogens with one attached hydrogen (secondary N) is 1. The highest BCUT2D eigenvalue weighted by Crippen LogP contribution is 2.08. The molecule has 0 spiro atoms. The van der Waals surface area contributed by atoms with Crippen molar-refractivity contribution < 1.29 is 15.0 Å². The van der Waals surface area contributed by atoms with Gasteiger partial charge in [-0.3, -0.25) is 4.79 Å². The summed E-state index contributed by atoms with van der Waals surface area (Å²) in [6.45, 7) is 4.11. The molecule has 2 unspecified atom stereocenters. The quantitative estimate of drug-likeness (QED) is 0.167. The lowest BCUT2D eigenvalue weighted by Gasteiger charge is -2.19. The summed E-state index contributed by atoms with van der Waals surface area (Å²) in [6.07, 6.45) is 26.4. The molecule has 0 saturated carbocycles. The lowest BCUT2D eigenvalue weighted by Crippen LogP contribution is -2.45. The topological polar surface area (TPSA) is 69.6 Å². The molecule has 0 saturated heterocycles. The standard InChI is InChI=1S/C26H47NO3/c1-3-5-7-9-11-13-14-16-18-20-22-26(30)27-24(23-28)25(29)21-19-17-15-12-10-8-6-4-2/h7,9-10,12,19,21,24-25,28-29H,3-6,8,11,13-18,20,22-23H2,1-2H3,(H,27,30)/b9-7-,12-10+,21-19+. The molecule has 0 aliphatic rings. The molecule has 0 radical (unpaired) electrons. The lowest BCUT2D eigenvalue weighted by atomic mass is 10.1. The minimum absolute atomic E-state index is 0.0946. The maximum absolute atomic E-state index is 12.1. The van der Waals surface area contributed by atoms with E-state index in [-0.39, 0.29) is 12.5 Å². The van der Waals surface area contributed by atoms with E-state index >= 15 is 0 Å². The monoisotopic (exact) mass is 421 g/mol. The van der Waals surface area contributed by atoms with E-state index < -0.39 is 12.1 Å². The van der Waals surface area contributed by atoms with Crippen LogP contribution in [0.5, 0.6) is 0 Å². The molecule has 0 aromatic rings. The molecule has 0 aliphatic heterocycles. The molecule has 0 rings (SSSR count). The number of unbranched alkanes of at least 4 members (excludes halogenated alkanes) is 9. The molecule has 0 bridgehead atoms. The van der Waals surface area contributed by atoms with Gasteiger partial charge in [-0.05, 0) is 44.9 Å². The van der Waals surface area contributed by atoms with Crippen LogP contribution in [-0.2, 0) is 4.79 Å². The van der Waals surface area contributed by atoms with Crippen molar-refractivity contribution in [3.63, 3.8) is 0 Å². The number of amides is 1. The van der Waals surface area contributed by atoms with Crippen molar-refractivity contribution in [2.45, 2.75) is 116 Å². The molecule has 174 valence electrons. The second-order valence-electron chi connectivity index (χ2n) is 8.03. The Morgan fingerprint density at radius 2 is 1.37 bits per heavy atom. The maximum atomic E-state index is 12.1. The number of hydrogen-bond donors (Lipinski definition) is 3. The average Bonchev–Trinajstić information content (AvgIpc) is 2.75. The van der Waals surface area contributed by atoms with E-state index in [2.05, 4.69) is 43.5 Å². The Bertz CT molecular complexity index is 471. The number of aliphatic hydroxyl groups excluding tert-OH is 2. The molecule has 1 amide bonds. The van der Waals surface area contributed by atoms with Crippen molar-refractivity contribution in [1.82, 2.24) is 5.32 Å². The van der Waals surface area contributed by atoms with Crippen LogP contribution in [0.3, 0.4) is 0 Å². The summed E-state index contributed by atoms with van der Waals surface area (Å²) in [6, 6.07) is -0.635. The summed E-state index contributed by atoms with van der Waals surface area (Å²) < 4.78 is 0. The van der Waals surface area contributed by atoms with Gasteiger partial charge in [-0.2, -0.15) is 0 Å². The fourth-order valence-corrected chi connectivity index (χ4v) is 3.12. The van der Waals surface area contributed by atoms with Crippen LogP contribution in [0, 0.1) is 0 Å². The van der Waals surface area contributed by atoms with Crippen molar-refractivity contribution in [2.75, 3.05) is 6.61 Å². The Morgan fingerprint density at radius 1 is 0.767 bits per heavy atom. The number of carbonyl (C=O) groups is 1. The van der Waals surface area contributed by atoms with Crippen LogP contribution in [0.4, 0.5) is 0 Å². The Hall–Kier alpha value is -1.39. The van der Waals surface area contributed by atoms with Gasteiger partial charge in [-0.15, -0.1) is 0 Å². The van der Waals surface area contributed by atoms with Crippen LogP contribution in [0.25, 0.3) is 0 Å². The van der Waals surface area contributed by atoms with E-state index in [1.54, 1.807) is 6.08 Å². The second kappa shape index (κ2) is 22.3. The van der Waals surface area contributed by atoms with Gasteiger partial charge in [0, 0.05) is 6.42 Å². The predicted octanol–water partition coefficient (Wildman–Crippen LogP) is 5.99. The fourth-order valence-electron chi connectivity index (χ4n) is 3.12. The SMILES string of the molecule is CCC/C=C\CCCCCCCC(=O)NC(CO)C(O)/C=C/CC/C=C/CCCC. The predicted molar refractivity (Wildman–Crippen MR) is 128 cm³/mol. The van der Waals surface area contributed by atoms with Crippen LogP contribution in [0.1, 0.15) is 104 Å². The lowest BCUT2D eigenvalue weighted by molar-refractivity contribution is -0.123. The maximum Gasteiger partial charge on any atom is 0.220 e. The molecule has 0 fully saturated rings. The summed E-state index contributed by atoms with van der Waals surface area (Å²) in [5.74, 6) is -0.0946. The van der Waals surface area contributed by atoms with Crippen molar-refractivity contribution in [1.29, 1.82) is 0 Å². The second-order valence-corrected chi connectivity index (χ2v) is 8.03. The zero-order valence-corrected chi connectivity index (χ0v) is 19.5. The Kier molecular flexibility index (Phi) is 21.3. The average molecular weight is 422 g/mol. The van der Waals surface area contributed by atoms with Crippen molar-refractivity contribution in [2.24, 2.45) is 0 Å². The van der Waals surface area contributed by atoms with E-state index in [4.69, 9.17) is 0 Å². The van der Waals surface area contributed by atoms with E-state index in [1.165, 1.54) is 38.5 Å². The fraction of sp³-hybridized carbons (Fsp3) is 0.731. The van der Waals surface area contributed by atoms with E-state index in [0.29, 0.717) is 6.42 Å². The molecule has 3 N–H and O–H groups in total. The number of aliphatic hydroxyl groups is 2. The minimum atomic E-state index is -0.858. The Morgan fingerprint density at radius 3 is 2.07 bits per heavy atom. The first-order valence-electron chi connectivity index (χ1n) is 12.2. The van der Waals surface area contributed by atoms with Gasteiger partial charge in [-0.25, -0.2) is 0 Å². The molecule has 0 aromatic carbocycles. The summed E-state index contributed by atoms with van der Waals surface area (Å²) in [5.41, 5.74) is 0. The number of allylic oxidation sites excluding steroid dienone is 5. The van der Waals surface area contributed by atoms with Crippen LogP contribution < -0.4 is 5.32 Å². The normalized spacial score (nSPS) is 14.1. The largest absolute Gasteiger partial charge is 0.394 e. The molecule has 4 nitrogen and oxygen atoms in total. The van der Waals surface area contributed by atoms with Crippen LogP contribution in [0.15, 0.2) is 36.5 Å². The third kappa shape index (κ3) is 18.6. The molecule has 30 heavy (non-hydrogen) atoms. The third-order valence-electron chi connectivity index (χ3n) is 5.08. The molecule has 0 aliphatic carbocycles. The van der Waals surface area contributed by atoms with Crippen molar-refractivity contribution in [3.8, 4) is 0 Å². The first-order valence-corrected chi connectivity index (χ1v) is 12.2. The van der Waals surface area contributed by atoms with E-state index in [1.807, 2.05) is 6.08 Å². The summed E-state index contributed by atoms with van der Waals surface area (Å²) >= 11 is 0. The first-order chi connectivity index (χ1) is 14.7. The molecule has 0 aromatic heterocycles. The van der Waals surface area contributed by atoms with Gasteiger partial charge in [0.25, 0.3) is 0 Å².